The van der Waals surface area contributed by atoms with Gasteiger partial charge < -0.3 is 14.9 Å². The lowest BCUT2D eigenvalue weighted by molar-refractivity contribution is -0.138. The Bertz CT molecular complexity index is 397. The fourth-order valence-corrected chi connectivity index (χ4v) is 3.60. The number of urea groups is 1. The number of hydrogen-bond donors (Lipinski definition) is 1. The van der Waals surface area contributed by atoms with Gasteiger partial charge in [-0.15, -0.1) is 0 Å². The number of rotatable bonds is 2. The highest BCUT2D eigenvalue weighted by atomic mass is 32.2. The van der Waals surface area contributed by atoms with Crippen LogP contribution in [0, 0.1) is 0 Å². The lowest BCUT2D eigenvalue weighted by Gasteiger charge is -2.39. The van der Waals surface area contributed by atoms with Crippen LogP contribution in [0.3, 0.4) is 0 Å². The minimum absolute atomic E-state index is 0.000926. The Hall–Kier alpha value is -1.17. The standard InChI is InChI=1S/C13H20N2O3S/c1-10-3-2-4-14(8-10)13(18)15-5-6-19-9-11(15)7-12(16)17/h3,11H,2,4-9H2,1H3,(H,16,17). The van der Waals surface area contributed by atoms with E-state index in [4.69, 9.17) is 5.11 Å². The zero-order valence-electron chi connectivity index (χ0n) is 11.2. The summed E-state index contributed by atoms with van der Waals surface area (Å²) in [7, 11) is 0. The van der Waals surface area contributed by atoms with E-state index in [1.165, 1.54) is 5.57 Å². The summed E-state index contributed by atoms with van der Waals surface area (Å²) in [5.74, 6) is 0.783. The molecule has 0 saturated carbocycles. The number of carbonyl (C=O) groups is 2. The minimum atomic E-state index is -0.833. The third-order valence-electron chi connectivity index (χ3n) is 3.49. The molecule has 5 nitrogen and oxygen atoms in total. The summed E-state index contributed by atoms with van der Waals surface area (Å²) in [4.78, 5) is 27.0. The van der Waals surface area contributed by atoms with Gasteiger partial charge in [0.25, 0.3) is 0 Å². The summed E-state index contributed by atoms with van der Waals surface area (Å²) < 4.78 is 0. The van der Waals surface area contributed by atoms with Gasteiger partial charge in [-0.25, -0.2) is 4.79 Å². The smallest absolute Gasteiger partial charge is 0.320 e. The largest absolute Gasteiger partial charge is 0.481 e. The van der Waals surface area contributed by atoms with E-state index in [-0.39, 0.29) is 18.5 Å². The number of nitrogens with zero attached hydrogens (tertiary/aromatic N) is 2. The molecule has 6 heteroatoms. The second-order valence-corrected chi connectivity index (χ2v) is 6.21. The van der Waals surface area contributed by atoms with Crippen LogP contribution in [0.4, 0.5) is 4.79 Å². The first-order chi connectivity index (χ1) is 9.08. The number of hydrogen-bond acceptors (Lipinski definition) is 3. The van der Waals surface area contributed by atoms with E-state index in [0.717, 1.165) is 24.5 Å². The Kier molecular flexibility index (Phi) is 4.74. The number of amides is 2. The zero-order chi connectivity index (χ0) is 13.8. The van der Waals surface area contributed by atoms with Gasteiger partial charge >= 0.3 is 12.0 Å². The quantitative estimate of drug-likeness (QED) is 0.783. The lowest BCUT2D eigenvalue weighted by atomic mass is 10.1. The molecule has 2 aliphatic heterocycles. The SMILES string of the molecule is CC1=CCCN(C(=O)N2CCSCC2CC(=O)O)C1. The van der Waals surface area contributed by atoms with Gasteiger partial charge in [0, 0.05) is 31.1 Å². The minimum Gasteiger partial charge on any atom is -0.481 e. The van der Waals surface area contributed by atoms with Gasteiger partial charge in [-0.2, -0.15) is 11.8 Å². The maximum atomic E-state index is 12.5. The molecule has 2 rings (SSSR count). The van der Waals surface area contributed by atoms with Crippen molar-refractivity contribution >= 4 is 23.8 Å². The predicted molar refractivity (Wildman–Crippen MR) is 75.4 cm³/mol. The molecule has 0 radical (unpaired) electrons. The molecule has 1 fully saturated rings. The molecule has 1 saturated heterocycles. The molecule has 1 atom stereocenters. The highest BCUT2D eigenvalue weighted by molar-refractivity contribution is 7.99. The van der Waals surface area contributed by atoms with Crippen LogP contribution in [0.15, 0.2) is 11.6 Å². The van der Waals surface area contributed by atoms with Gasteiger partial charge in [0.2, 0.25) is 0 Å². The van der Waals surface area contributed by atoms with Gasteiger partial charge in [-0.1, -0.05) is 11.6 Å². The first kappa shape index (κ1) is 14.2. The molecule has 2 heterocycles. The van der Waals surface area contributed by atoms with Crippen molar-refractivity contribution in [3.63, 3.8) is 0 Å². The van der Waals surface area contributed by atoms with E-state index in [0.29, 0.717) is 13.1 Å². The first-order valence-corrected chi connectivity index (χ1v) is 7.74. The van der Waals surface area contributed by atoms with Gasteiger partial charge in [-0.05, 0) is 13.3 Å². The molecular weight excluding hydrogens is 264 g/mol. The summed E-state index contributed by atoms with van der Waals surface area (Å²) in [5.41, 5.74) is 1.21. The Balaban J connectivity index is 2.02. The molecule has 1 N–H and O–H groups in total. The molecule has 106 valence electrons. The first-order valence-electron chi connectivity index (χ1n) is 6.58. The van der Waals surface area contributed by atoms with E-state index in [9.17, 15) is 9.59 Å². The van der Waals surface area contributed by atoms with Crippen LogP contribution >= 0.6 is 11.8 Å². The van der Waals surface area contributed by atoms with E-state index in [1.807, 2.05) is 11.8 Å². The molecule has 19 heavy (non-hydrogen) atoms. The highest BCUT2D eigenvalue weighted by Crippen LogP contribution is 2.22. The summed E-state index contributed by atoms with van der Waals surface area (Å²) in [6.07, 6.45) is 3.09. The van der Waals surface area contributed by atoms with Crippen LogP contribution in [0.1, 0.15) is 19.8 Å². The van der Waals surface area contributed by atoms with Crippen molar-refractivity contribution in [1.82, 2.24) is 9.80 Å². The average molecular weight is 284 g/mol. The maximum absolute atomic E-state index is 12.5. The second-order valence-electron chi connectivity index (χ2n) is 5.06. The number of carboxylic acid groups (broad SMARTS) is 1. The third-order valence-corrected chi connectivity index (χ3v) is 4.58. The molecule has 0 aromatic heterocycles. The topological polar surface area (TPSA) is 60.9 Å². The number of carboxylic acids is 1. The molecule has 0 aromatic carbocycles. The van der Waals surface area contributed by atoms with Gasteiger partial charge in [-0.3, -0.25) is 4.79 Å². The fourth-order valence-electron chi connectivity index (χ4n) is 2.53. The van der Waals surface area contributed by atoms with Crippen molar-refractivity contribution in [2.45, 2.75) is 25.8 Å². The fraction of sp³-hybridized carbons (Fsp3) is 0.692. The van der Waals surface area contributed by atoms with Gasteiger partial charge in [0.05, 0.1) is 12.5 Å². The van der Waals surface area contributed by atoms with Crippen LogP contribution in [0.25, 0.3) is 0 Å². The Morgan fingerprint density at radius 1 is 1.47 bits per heavy atom. The number of aliphatic carboxylic acids is 1. The maximum Gasteiger partial charge on any atom is 0.320 e. The Morgan fingerprint density at radius 2 is 2.26 bits per heavy atom. The molecule has 0 bridgehead atoms. The van der Waals surface area contributed by atoms with Gasteiger partial charge in [0.1, 0.15) is 0 Å². The van der Waals surface area contributed by atoms with Crippen molar-refractivity contribution in [3.05, 3.63) is 11.6 Å². The van der Waals surface area contributed by atoms with E-state index in [1.54, 1.807) is 16.7 Å². The van der Waals surface area contributed by atoms with Crippen LogP contribution in [-0.2, 0) is 4.79 Å². The van der Waals surface area contributed by atoms with Crippen LogP contribution in [0.5, 0.6) is 0 Å². The lowest BCUT2D eigenvalue weighted by Crippen LogP contribution is -2.53. The zero-order valence-corrected chi connectivity index (χ0v) is 12.0. The average Bonchev–Trinajstić information content (AvgIpc) is 2.38. The third kappa shape index (κ3) is 3.65. The summed E-state index contributed by atoms with van der Waals surface area (Å²) >= 11 is 1.73. The van der Waals surface area contributed by atoms with E-state index in [2.05, 4.69) is 6.08 Å². The number of thioether (sulfide) groups is 1. The van der Waals surface area contributed by atoms with Crippen molar-refractivity contribution in [3.8, 4) is 0 Å². The van der Waals surface area contributed by atoms with Crippen LogP contribution in [-0.4, -0.2) is 64.1 Å². The monoisotopic (exact) mass is 284 g/mol. The van der Waals surface area contributed by atoms with E-state index < -0.39 is 5.97 Å². The highest BCUT2D eigenvalue weighted by Gasteiger charge is 2.32. The number of carbonyl (C=O) groups excluding carboxylic acids is 1. The summed E-state index contributed by atoms with van der Waals surface area (Å²) in [5, 5.41) is 8.95. The molecule has 2 aliphatic rings. The molecule has 0 spiro atoms. The van der Waals surface area contributed by atoms with Crippen molar-refractivity contribution in [1.29, 1.82) is 0 Å². The molecular formula is C13H20N2O3S. The Labute approximate surface area is 117 Å². The second kappa shape index (κ2) is 6.32. The van der Waals surface area contributed by atoms with Crippen molar-refractivity contribution in [2.24, 2.45) is 0 Å². The Morgan fingerprint density at radius 3 is 2.95 bits per heavy atom. The van der Waals surface area contributed by atoms with Crippen LogP contribution in [0.2, 0.25) is 0 Å². The summed E-state index contributed by atoms with van der Waals surface area (Å²) in [6.45, 7) is 4.09. The normalized spacial score (nSPS) is 24.1. The van der Waals surface area contributed by atoms with Gasteiger partial charge in [0.15, 0.2) is 0 Å². The van der Waals surface area contributed by atoms with Crippen LogP contribution < -0.4 is 0 Å². The molecule has 2 amide bonds. The summed E-state index contributed by atoms with van der Waals surface area (Å²) in [6, 6.07) is -0.172. The van der Waals surface area contributed by atoms with Crippen molar-refractivity contribution in [2.75, 3.05) is 31.1 Å². The van der Waals surface area contributed by atoms with Crippen molar-refractivity contribution < 1.29 is 14.7 Å². The van der Waals surface area contributed by atoms with E-state index >= 15 is 0 Å². The predicted octanol–water partition coefficient (Wildman–Crippen LogP) is 1.65. The molecule has 0 aromatic rings. The molecule has 1 unspecified atom stereocenters. The molecule has 0 aliphatic carbocycles.